The second-order valence-corrected chi connectivity index (χ2v) is 5.51. The minimum absolute atomic E-state index is 0.0796. The van der Waals surface area contributed by atoms with Crippen molar-refractivity contribution in [3.63, 3.8) is 0 Å². The quantitative estimate of drug-likeness (QED) is 0.643. The average molecular weight is 262 g/mol. The van der Waals surface area contributed by atoms with E-state index in [0.29, 0.717) is 23.8 Å². The van der Waals surface area contributed by atoms with Gasteiger partial charge in [0, 0.05) is 24.2 Å². The molecule has 19 heavy (non-hydrogen) atoms. The fourth-order valence-electron chi connectivity index (χ4n) is 3.21. The van der Waals surface area contributed by atoms with Crippen LogP contribution in [0.3, 0.4) is 0 Å². The molecule has 0 saturated carbocycles. The third-order valence-corrected chi connectivity index (χ3v) is 4.08. The maximum absolute atomic E-state index is 10.8. The Labute approximate surface area is 111 Å². The molecular formula is C13H18N4O2. The first kappa shape index (κ1) is 12.3. The van der Waals surface area contributed by atoms with Crippen LogP contribution in [-0.4, -0.2) is 28.0 Å². The number of rotatable bonds is 3. The van der Waals surface area contributed by atoms with Crippen LogP contribution < -0.4 is 10.6 Å². The molecule has 1 aromatic rings. The van der Waals surface area contributed by atoms with Crippen LogP contribution in [0.4, 0.5) is 11.5 Å². The van der Waals surface area contributed by atoms with Gasteiger partial charge in [-0.25, -0.2) is 4.98 Å². The van der Waals surface area contributed by atoms with Crippen molar-refractivity contribution < 1.29 is 4.92 Å². The van der Waals surface area contributed by atoms with Crippen molar-refractivity contribution in [2.24, 2.45) is 0 Å². The first-order valence-electron chi connectivity index (χ1n) is 6.76. The summed E-state index contributed by atoms with van der Waals surface area (Å²) in [7, 11) is 0. The molecule has 2 aliphatic heterocycles. The number of anilines is 1. The van der Waals surface area contributed by atoms with Crippen molar-refractivity contribution in [1.29, 1.82) is 0 Å². The number of nitrogens with one attached hydrogen (secondary N) is 2. The summed E-state index contributed by atoms with van der Waals surface area (Å²) >= 11 is 0. The Balaban J connectivity index is 1.70. The van der Waals surface area contributed by atoms with Crippen molar-refractivity contribution in [2.45, 2.75) is 50.7 Å². The van der Waals surface area contributed by atoms with E-state index in [1.165, 1.54) is 18.9 Å². The highest BCUT2D eigenvalue weighted by Crippen LogP contribution is 2.29. The predicted molar refractivity (Wildman–Crippen MR) is 72.2 cm³/mol. The largest absolute Gasteiger partial charge is 0.367 e. The topological polar surface area (TPSA) is 80.1 Å². The Bertz CT molecular complexity index is 493. The predicted octanol–water partition coefficient (Wildman–Crippen LogP) is 1.99. The van der Waals surface area contributed by atoms with Gasteiger partial charge in [0.05, 0.1) is 4.92 Å². The average Bonchev–Trinajstić information content (AvgIpc) is 2.68. The van der Waals surface area contributed by atoms with Gasteiger partial charge < -0.3 is 10.6 Å². The Morgan fingerprint density at radius 1 is 1.37 bits per heavy atom. The van der Waals surface area contributed by atoms with E-state index in [9.17, 15) is 10.1 Å². The highest BCUT2D eigenvalue weighted by atomic mass is 16.6. The Morgan fingerprint density at radius 2 is 2.05 bits per heavy atom. The molecule has 2 aliphatic rings. The van der Waals surface area contributed by atoms with Gasteiger partial charge in [-0.1, -0.05) is 0 Å². The van der Waals surface area contributed by atoms with Crippen LogP contribution in [0.2, 0.25) is 0 Å². The van der Waals surface area contributed by atoms with Crippen LogP contribution in [0.15, 0.2) is 12.1 Å². The lowest BCUT2D eigenvalue weighted by Gasteiger charge is -2.30. The van der Waals surface area contributed by atoms with Crippen molar-refractivity contribution in [2.75, 3.05) is 5.32 Å². The zero-order valence-electron chi connectivity index (χ0n) is 10.9. The zero-order valence-corrected chi connectivity index (χ0v) is 10.9. The summed E-state index contributed by atoms with van der Waals surface area (Å²) in [4.78, 5) is 14.6. The molecule has 6 nitrogen and oxygen atoms in total. The fourth-order valence-corrected chi connectivity index (χ4v) is 3.21. The van der Waals surface area contributed by atoms with E-state index in [0.717, 1.165) is 18.7 Å². The summed E-state index contributed by atoms with van der Waals surface area (Å²) in [6.45, 7) is 1.68. The standard InChI is InChI=1S/C13H18N4O2/c1-8-12(17(18)19)4-5-13(14-8)16-11-6-9-2-3-10(7-11)15-9/h4-5,9-11,15H,2-3,6-7H2,1H3,(H,14,16). The van der Waals surface area contributed by atoms with Crippen LogP contribution in [0.1, 0.15) is 31.4 Å². The van der Waals surface area contributed by atoms with E-state index in [4.69, 9.17) is 0 Å². The molecule has 3 rings (SSSR count). The van der Waals surface area contributed by atoms with Crippen molar-refractivity contribution in [1.82, 2.24) is 10.3 Å². The van der Waals surface area contributed by atoms with Crippen molar-refractivity contribution in [3.8, 4) is 0 Å². The molecular weight excluding hydrogens is 244 g/mol. The summed E-state index contributed by atoms with van der Waals surface area (Å²) in [6, 6.07) is 4.90. The number of hydrogen-bond acceptors (Lipinski definition) is 5. The molecule has 2 N–H and O–H groups in total. The van der Waals surface area contributed by atoms with Gasteiger partial charge in [-0.3, -0.25) is 10.1 Å². The second kappa shape index (κ2) is 4.77. The molecule has 0 aromatic carbocycles. The number of hydrogen-bond donors (Lipinski definition) is 2. The Morgan fingerprint density at radius 3 is 2.63 bits per heavy atom. The molecule has 0 amide bonds. The molecule has 2 unspecified atom stereocenters. The number of nitrogens with zero attached hydrogens (tertiary/aromatic N) is 2. The minimum Gasteiger partial charge on any atom is -0.367 e. The van der Waals surface area contributed by atoms with E-state index >= 15 is 0 Å². The maximum atomic E-state index is 10.8. The van der Waals surface area contributed by atoms with E-state index in [1.54, 1.807) is 13.0 Å². The summed E-state index contributed by atoms with van der Waals surface area (Å²) in [6.07, 6.45) is 4.73. The summed E-state index contributed by atoms with van der Waals surface area (Å²) in [5.41, 5.74) is 0.544. The third-order valence-electron chi connectivity index (χ3n) is 4.08. The maximum Gasteiger partial charge on any atom is 0.290 e. The molecule has 1 aromatic heterocycles. The number of aryl methyl sites for hydroxylation is 1. The van der Waals surface area contributed by atoms with Crippen molar-refractivity contribution >= 4 is 11.5 Å². The van der Waals surface area contributed by atoms with Gasteiger partial charge in [0.15, 0.2) is 0 Å². The number of piperidine rings is 1. The second-order valence-electron chi connectivity index (χ2n) is 5.51. The lowest BCUT2D eigenvalue weighted by Crippen LogP contribution is -2.43. The van der Waals surface area contributed by atoms with Gasteiger partial charge in [-0.15, -0.1) is 0 Å². The number of aromatic nitrogens is 1. The summed E-state index contributed by atoms with van der Waals surface area (Å²) < 4.78 is 0. The van der Waals surface area contributed by atoms with Gasteiger partial charge >= 0.3 is 0 Å². The normalized spacial score (nSPS) is 29.2. The molecule has 6 heteroatoms. The number of fused-ring (bicyclic) bond motifs is 2. The lowest BCUT2D eigenvalue weighted by atomic mass is 10.00. The molecule has 2 bridgehead atoms. The first-order chi connectivity index (χ1) is 9.11. The van der Waals surface area contributed by atoms with Crippen molar-refractivity contribution in [3.05, 3.63) is 27.9 Å². The molecule has 0 spiro atoms. The van der Waals surface area contributed by atoms with E-state index in [-0.39, 0.29) is 5.69 Å². The van der Waals surface area contributed by atoms with Gasteiger partial charge in [0.25, 0.3) is 5.69 Å². The summed E-state index contributed by atoms with van der Waals surface area (Å²) in [5, 5.41) is 17.8. The van der Waals surface area contributed by atoms with E-state index in [2.05, 4.69) is 15.6 Å². The highest BCUT2D eigenvalue weighted by molar-refractivity contribution is 5.45. The first-order valence-corrected chi connectivity index (χ1v) is 6.76. The Hall–Kier alpha value is -1.69. The molecule has 2 atom stereocenters. The smallest absolute Gasteiger partial charge is 0.290 e. The third kappa shape index (κ3) is 2.53. The molecule has 2 saturated heterocycles. The van der Waals surface area contributed by atoms with Gasteiger partial charge in [0.2, 0.25) is 0 Å². The lowest BCUT2D eigenvalue weighted by molar-refractivity contribution is -0.385. The SMILES string of the molecule is Cc1nc(NC2CC3CCC(C2)N3)ccc1[N+](=O)[O-]. The van der Waals surface area contributed by atoms with E-state index in [1.807, 2.05) is 0 Å². The monoisotopic (exact) mass is 262 g/mol. The van der Waals surface area contributed by atoms with Crippen LogP contribution in [0, 0.1) is 17.0 Å². The van der Waals surface area contributed by atoms with Crippen LogP contribution in [0.25, 0.3) is 0 Å². The van der Waals surface area contributed by atoms with Crippen LogP contribution >= 0.6 is 0 Å². The number of pyridine rings is 1. The zero-order chi connectivity index (χ0) is 13.4. The van der Waals surface area contributed by atoms with Gasteiger partial charge in [-0.05, 0) is 38.7 Å². The fraction of sp³-hybridized carbons (Fsp3) is 0.615. The molecule has 0 aliphatic carbocycles. The summed E-state index contributed by atoms with van der Waals surface area (Å²) in [5.74, 6) is 0.745. The molecule has 3 heterocycles. The van der Waals surface area contributed by atoms with Crippen LogP contribution in [0.5, 0.6) is 0 Å². The molecule has 0 radical (unpaired) electrons. The van der Waals surface area contributed by atoms with Gasteiger partial charge in [0.1, 0.15) is 11.5 Å². The number of nitro groups is 1. The van der Waals surface area contributed by atoms with Gasteiger partial charge in [-0.2, -0.15) is 0 Å². The van der Waals surface area contributed by atoms with Crippen LogP contribution in [-0.2, 0) is 0 Å². The molecule has 2 fully saturated rings. The minimum atomic E-state index is -0.392. The Kier molecular flexibility index (Phi) is 3.10. The van der Waals surface area contributed by atoms with E-state index < -0.39 is 4.92 Å². The highest BCUT2D eigenvalue weighted by Gasteiger charge is 2.33. The molecule has 102 valence electrons.